The van der Waals surface area contributed by atoms with Crippen LogP contribution in [0.5, 0.6) is 0 Å². The lowest BCUT2D eigenvalue weighted by atomic mass is 9.94. The summed E-state index contributed by atoms with van der Waals surface area (Å²) in [4.78, 5) is 12.3. The molecule has 1 aliphatic heterocycles. The Morgan fingerprint density at radius 2 is 1.71 bits per heavy atom. The van der Waals surface area contributed by atoms with Gasteiger partial charge in [0.1, 0.15) is 0 Å². The number of fused-ring (bicyclic) bond motifs is 3. The fraction of sp³-hybridized carbons (Fsp3) is 0.105. The maximum Gasteiger partial charge on any atom is 0.416 e. The van der Waals surface area contributed by atoms with Crippen LogP contribution in [0.15, 0.2) is 60.7 Å². The molecule has 3 aromatic carbocycles. The molecule has 3 aromatic rings. The zero-order chi connectivity index (χ0) is 16.9. The summed E-state index contributed by atoms with van der Waals surface area (Å²) in [5.74, 6) is -0.510. The number of cyclic esters (lactones) is 1. The number of carbonyl (C=O) groups excluding carboxylic acids is 1. The summed E-state index contributed by atoms with van der Waals surface area (Å²) in [6.45, 7) is 0. The third kappa shape index (κ3) is 2.24. The predicted octanol–water partition coefficient (Wildman–Crippen LogP) is 5.12. The van der Waals surface area contributed by atoms with Crippen molar-refractivity contribution in [3.63, 3.8) is 0 Å². The maximum absolute atomic E-state index is 12.9. The van der Waals surface area contributed by atoms with Crippen molar-refractivity contribution in [3.8, 4) is 0 Å². The number of halogens is 3. The van der Waals surface area contributed by atoms with Gasteiger partial charge in [-0.2, -0.15) is 13.2 Å². The van der Waals surface area contributed by atoms with Crippen molar-refractivity contribution < 1.29 is 22.7 Å². The van der Waals surface area contributed by atoms with Crippen molar-refractivity contribution in [1.82, 2.24) is 0 Å². The Morgan fingerprint density at radius 3 is 2.50 bits per heavy atom. The molecule has 0 aromatic heterocycles. The lowest BCUT2D eigenvalue weighted by Crippen LogP contribution is -2.07. The maximum atomic E-state index is 12.9. The zero-order valence-electron chi connectivity index (χ0n) is 12.3. The Labute approximate surface area is 135 Å². The summed E-state index contributed by atoms with van der Waals surface area (Å²) in [5.41, 5.74) is 0.575. The molecule has 0 amide bonds. The summed E-state index contributed by atoms with van der Waals surface area (Å²) in [7, 11) is 0. The summed E-state index contributed by atoms with van der Waals surface area (Å²) in [5, 5.41) is 1.63. The first kappa shape index (κ1) is 14.8. The summed E-state index contributed by atoms with van der Waals surface area (Å²) in [6.07, 6.45) is -5.26. The van der Waals surface area contributed by atoms with E-state index in [1.165, 1.54) is 12.1 Å². The number of carbonyl (C=O) groups is 1. The van der Waals surface area contributed by atoms with Crippen molar-refractivity contribution in [3.05, 3.63) is 82.9 Å². The first-order chi connectivity index (χ1) is 11.4. The summed E-state index contributed by atoms with van der Waals surface area (Å²) >= 11 is 0. The van der Waals surface area contributed by atoms with Gasteiger partial charge in [-0.3, -0.25) is 0 Å². The molecule has 1 aliphatic rings. The molecule has 0 aliphatic carbocycles. The summed E-state index contributed by atoms with van der Waals surface area (Å²) in [6, 6.07) is 15.8. The molecule has 4 rings (SSSR count). The van der Waals surface area contributed by atoms with Gasteiger partial charge in [0.2, 0.25) is 0 Å². The standard InChI is InChI=1S/C19H11F3O2/c20-19(21,22)13-6-3-5-12(10-13)17-15-9-8-11-4-1-2-7-14(11)16(15)18(23)24-17/h1-10,17H. The molecule has 1 atom stereocenters. The molecular weight excluding hydrogens is 317 g/mol. The Hall–Kier alpha value is -2.82. The van der Waals surface area contributed by atoms with Gasteiger partial charge in [0.15, 0.2) is 6.10 Å². The minimum Gasteiger partial charge on any atom is -0.449 e. The zero-order valence-corrected chi connectivity index (χ0v) is 12.3. The SMILES string of the molecule is O=C1OC(c2cccc(C(F)(F)F)c2)c2ccc3ccccc3c21. The lowest BCUT2D eigenvalue weighted by Gasteiger charge is -2.14. The number of alkyl halides is 3. The van der Waals surface area contributed by atoms with Gasteiger partial charge in [0, 0.05) is 5.56 Å². The van der Waals surface area contributed by atoms with Gasteiger partial charge in [-0.1, -0.05) is 48.5 Å². The molecule has 0 saturated heterocycles. The summed E-state index contributed by atoms with van der Waals surface area (Å²) < 4.78 is 44.2. The largest absolute Gasteiger partial charge is 0.449 e. The van der Waals surface area contributed by atoms with Crippen LogP contribution in [0.1, 0.15) is 33.2 Å². The molecule has 0 fully saturated rings. The molecule has 0 N–H and O–H groups in total. The van der Waals surface area contributed by atoms with Gasteiger partial charge in [0.05, 0.1) is 11.1 Å². The van der Waals surface area contributed by atoms with E-state index in [1.807, 2.05) is 30.3 Å². The number of ether oxygens (including phenoxy) is 1. The average Bonchev–Trinajstić information content (AvgIpc) is 2.92. The second kappa shape index (κ2) is 5.09. The van der Waals surface area contributed by atoms with Crippen LogP contribution in [-0.4, -0.2) is 5.97 Å². The second-order valence-electron chi connectivity index (χ2n) is 5.66. The monoisotopic (exact) mass is 328 g/mol. The topological polar surface area (TPSA) is 26.3 Å². The van der Waals surface area contributed by atoms with E-state index in [1.54, 1.807) is 6.07 Å². The van der Waals surface area contributed by atoms with Gasteiger partial charge < -0.3 is 4.74 Å². The Bertz CT molecular complexity index is 960. The van der Waals surface area contributed by atoms with E-state index < -0.39 is 23.8 Å². The molecule has 1 heterocycles. The fourth-order valence-corrected chi connectivity index (χ4v) is 3.09. The van der Waals surface area contributed by atoms with Crippen molar-refractivity contribution in [2.45, 2.75) is 12.3 Å². The van der Waals surface area contributed by atoms with E-state index in [0.29, 0.717) is 16.7 Å². The molecule has 0 saturated carbocycles. The van der Waals surface area contributed by atoms with Gasteiger partial charge in [-0.25, -0.2) is 4.79 Å². The minimum atomic E-state index is -4.44. The molecule has 2 nitrogen and oxygen atoms in total. The number of rotatable bonds is 1. The molecule has 1 unspecified atom stereocenters. The van der Waals surface area contributed by atoms with Crippen LogP contribution in [-0.2, 0) is 10.9 Å². The highest BCUT2D eigenvalue weighted by Crippen LogP contribution is 2.40. The third-order valence-corrected chi connectivity index (χ3v) is 4.19. The van der Waals surface area contributed by atoms with Crippen LogP contribution in [0.25, 0.3) is 10.8 Å². The van der Waals surface area contributed by atoms with Crippen LogP contribution in [0.3, 0.4) is 0 Å². The lowest BCUT2D eigenvalue weighted by molar-refractivity contribution is -0.137. The quantitative estimate of drug-likeness (QED) is 0.580. The molecule has 0 spiro atoms. The van der Waals surface area contributed by atoms with Gasteiger partial charge in [-0.05, 0) is 28.5 Å². The van der Waals surface area contributed by atoms with E-state index in [4.69, 9.17) is 4.74 Å². The van der Waals surface area contributed by atoms with Crippen LogP contribution >= 0.6 is 0 Å². The van der Waals surface area contributed by atoms with E-state index >= 15 is 0 Å². The van der Waals surface area contributed by atoms with E-state index in [9.17, 15) is 18.0 Å². The third-order valence-electron chi connectivity index (χ3n) is 4.19. The highest BCUT2D eigenvalue weighted by molar-refractivity contribution is 6.08. The van der Waals surface area contributed by atoms with Crippen LogP contribution in [0.2, 0.25) is 0 Å². The van der Waals surface area contributed by atoms with E-state index in [0.717, 1.165) is 22.9 Å². The minimum absolute atomic E-state index is 0.312. The molecule has 24 heavy (non-hydrogen) atoms. The van der Waals surface area contributed by atoms with Gasteiger partial charge >= 0.3 is 12.1 Å². The van der Waals surface area contributed by atoms with Crippen LogP contribution < -0.4 is 0 Å². The van der Waals surface area contributed by atoms with Crippen molar-refractivity contribution in [1.29, 1.82) is 0 Å². The molecule has 0 radical (unpaired) electrons. The van der Waals surface area contributed by atoms with E-state index in [2.05, 4.69) is 0 Å². The smallest absolute Gasteiger partial charge is 0.416 e. The van der Waals surface area contributed by atoms with Gasteiger partial charge in [-0.15, -0.1) is 0 Å². The van der Waals surface area contributed by atoms with Crippen molar-refractivity contribution >= 4 is 16.7 Å². The molecule has 0 bridgehead atoms. The number of hydrogen-bond donors (Lipinski definition) is 0. The second-order valence-corrected chi connectivity index (χ2v) is 5.66. The van der Waals surface area contributed by atoms with E-state index in [-0.39, 0.29) is 0 Å². The predicted molar refractivity (Wildman–Crippen MR) is 82.7 cm³/mol. The number of hydrogen-bond acceptors (Lipinski definition) is 2. The first-order valence-electron chi connectivity index (χ1n) is 7.35. The highest BCUT2D eigenvalue weighted by atomic mass is 19.4. The number of esters is 1. The van der Waals surface area contributed by atoms with Gasteiger partial charge in [0.25, 0.3) is 0 Å². The van der Waals surface area contributed by atoms with Crippen molar-refractivity contribution in [2.75, 3.05) is 0 Å². The molecule has 120 valence electrons. The van der Waals surface area contributed by atoms with Crippen LogP contribution in [0, 0.1) is 0 Å². The molecular formula is C19H11F3O2. The Kier molecular flexibility index (Phi) is 3.13. The first-order valence-corrected chi connectivity index (χ1v) is 7.35. The Balaban J connectivity index is 1.87. The van der Waals surface area contributed by atoms with Crippen molar-refractivity contribution in [2.24, 2.45) is 0 Å². The van der Waals surface area contributed by atoms with Crippen LogP contribution in [0.4, 0.5) is 13.2 Å². The normalized spacial score (nSPS) is 17.0. The number of benzene rings is 3. The fourth-order valence-electron chi connectivity index (χ4n) is 3.09. The Morgan fingerprint density at radius 1 is 0.917 bits per heavy atom. The average molecular weight is 328 g/mol. The highest BCUT2D eigenvalue weighted by Gasteiger charge is 2.36. The molecule has 5 heteroatoms.